The minimum atomic E-state index is -1.02. The Morgan fingerprint density at radius 1 is 1.55 bits per heavy atom. The average Bonchev–Trinajstić information content (AvgIpc) is 1.99. The summed E-state index contributed by atoms with van der Waals surface area (Å²) in [5, 5.41) is 12.4. The number of likely N-dealkylation sites (N-methyl/N-ethyl adjacent to an activating group) is 1. The molecular formula is C8H16FNO. The largest absolute Gasteiger partial charge is 0.388 e. The fraction of sp³-hybridized carbons (Fsp3) is 1.00. The predicted molar refractivity (Wildman–Crippen MR) is 42.2 cm³/mol. The van der Waals surface area contributed by atoms with Gasteiger partial charge in [0.25, 0.3) is 0 Å². The molecule has 0 saturated heterocycles. The van der Waals surface area contributed by atoms with Gasteiger partial charge in [0.15, 0.2) is 0 Å². The molecule has 11 heavy (non-hydrogen) atoms. The summed E-state index contributed by atoms with van der Waals surface area (Å²) in [6.07, 6.45) is 0.491. The first-order valence-electron chi connectivity index (χ1n) is 4.31. The Labute approximate surface area is 66.8 Å². The Morgan fingerprint density at radius 3 is 2.91 bits per heavy atom. The summed E-state index contributed by atoms with van der Waals surface area (Å²) >= 11 is 0. The normalized spacial score (nSPS) is 39.0. The van der Waals surface area contributed by atoms with Crippen LogP contribution in [0.2, 0.25) is 0 Å². The van der Waals surface area contributed by atoms with E-state index >= 15 is 0 Å². The van der Waals surface area contributed by atoms with Gasteiger partial charge in [0.2, 0.25) is 0 Å². The van der Waals surface area contributed by atoms with Crippen molar-refractivity contribution in [3.05, 3.63) is 0 Å². The number of aliphatic hydroxyl groups excluding tert-OH is 1. The quantitative estimate of drug-likeness (QED) is 0.629. The average molecular weight is 161 g/mol. The number of nitrogens with one attached hydrogen (secondary N) is 1. The summed E-state index contributed by atoms with van der Waals surface area (Å²) < 4.78 is 12.9. The Bertz CT molecular complexity index is 119. The molecule has 3 heteroatoms. The summed E-state index contributed by atoms with van der Waals surface area (Å²) in [6.45, 7) is 2.77. The fourth-order valence-electron chi connectivity index (χ4n) is 1.61. The third-order valence-electron chi connectivity index (χ3n) is 2.24. The van der Waals surface area contributed by atoms with Gasteiger partial charge in [-0.25, -0.2) is 4.39 Å². The van der Waals surface area contributed by atoms with E-state index in [4.69, 9.17) is 0 Å². The van der Waals surface area contributed by atoms with Crippen LogP contribution in [-0.2, 0) is 0 Å². The van der Waals surface area contributed by atoms with Gasteiger partial charge in [-0.05, 0) is 25.8 Å². The zero-order valence-electron chi connectivity index (χ0n) is 6.89. The number of halogens is 1. The van der Waals surface area contributed by atoms with Crippen molar-refractivity contribution in [2.75, 3.05) is 6.54 Å². The molecule has 0 unspecified atom stereocenters. The summed E-state index contributed by atoms with van der Waals surface area (Å²) in [7, 11) is 0. The number of alkyl halides is 1. The van der Waals surface area contributed by atoms with Gasteiger partial charge in [-0.2, -0.15) is 0 Å². The van der Waals surface area contributed by atoms with Crippen LogP contribution in [0.4, 0.5) is 4.39 Å². The number of rotatable bonds is 2. The highest BCUT2D eigenvalue weighted by molar-refractivity contribution is 4.86. The van der Waals surface area contributed by atoms with E-state index in [1.165, 1.54) is 0 Å². The Morgan fingerprint density at radius 2 is 2.27 bits per heavy atom. The highest BCUT2D eigenvalue weighted by Gasteiger charge is 2.30. The van der Waals surface area contributed by atoms with Crippen LogP contribution in [0.3, 0.4) is 0 Å². The van der Waals surface area contributed by atoms with Gasteiger partial charge in [-0.1, -0.05) is 6.92 Å². The predicted octanol–water partition coefficient (Wildman–Crippen LogP) is 0.847. The van der Waals surface area contributed by atoms with E-state index in [2.05, 4.69) is 5.32 Å². The molecule has 1 rings (SSSR count). The first kappa shape index (κ1) is 8.94. The molecule has 1 fully saturated rings. The maximum Gasteiger partial charge on any atom is 0.127 e. The molecule has 1 aliphatic carbocycles. The van der Waals surface area contributed by atoms with Gasteiger partial charge in [0.1, 0.15) is 12.3 Å². The molecule has 0 radical (unpaired) electrons. The second-order valence-corrected chi connectivity index (χ2v) is 3.10. The van der Waals surface area contributed by atoms with Crippen LogP contribution in [0.5, 0.6) is 0 Å². The van der Waals surface area contributed by atoms with Gasteiger partial charge >= 0.3 is 0 Å². The standard InChI is InChI=1S/C8H16FNO/c1-2-10-7-5-3-4-6(9)8(7)11/h6-8,10-11H,2-5H2,1H3/t6-,7+,8-/m1/s1. The topological polar surface area (TPSA) is 32.3 Å². The van der Waals surface area contributed by atoms with Crippen molar-refractivity contribution in [2.24, 2.45) is 0 Å². The maximum atomic E-state index is 12.9. The lowest BCUT2D eigenvalue weighted by atomic mass is 9.91. The molecule has 0 spiro atoms. The smallest absolute Gasteiger partial charge is 0.127 e. The van der Waals surface area contributed by atoms with E-state index in [1.54, 1.807) is 0 Å². The summed E-state index contributed by atoms with van der Waals surface area (Å²) in [4.78, 5) is 0. The van der Waals surface area contributed by atoms with Crippen LogP contribution < -0.4 is 5.32 Å². The minimum absolute atomic E-state index is 0.0243. The van der Waals surface area contributed by atoms with Crippen molar-refractivity contribution in [1.82, 2.24) is 5.32 Å². The first-order chi connectivity index (χ1) is 5.25. The third kappa shape index (κ3) is 2.14. The summed E-state index contributed by atoms with van der Waals surface area (Å²) in [5.74, 6) is 0. The zero-order valence-corrected chi connectivity index (χ0v) is 6.89. The Kier molecular flexibility index (Phi) is 3.27. The van der Waals surface area contributed by atoms with E-state index in [0.717, 1.165) is 19.4 Å². The minimum Gasteiger partial charge on any atom is -0.388 e. The highest BCUT2D eigenvalue weighted by Crippen LogP contribution is 2.21. The molecule has 2 nitrogen and oxygen atoms in total. The van der Waals surface area contributed by atoms with Crippen molar-refractivity contribution in [1.29, 1.82) is 0 Å². The summed E-state index contributed by atoms with van der Waals surface area (Å²) in [6, 6.07) is -0.0243. The van der Waals surface area contributed by atoms with E-state index < -0.39 is 12.3 Å². The second-order valence-electron chi connectivity index (χ2n) is 3.10. The van der Waals surface area contributed by atoms with Gasteiger partial charge in [0.05, 0.1) is 0 Å². The van der Waals surface area contributed by atoms with Crippen molar-refractivity contribution >= 4 is 0 Å². The van der Waals surface area contributed by atoms with Crippen LogP contribution in [0.1, 0.15) is 26.2 Å². The lowest BCUT2D eigenvalue weighted by Gasteiger charge is -2.30. The zero-order chi connectivity index (χ0) is 8.27. The second kappa shape index (κ2) is 4.02. The number of hydrogen-bond donors (Lipinski definition) is 2. The molecule has 1 aliphatic rings. The molecule has 0 aromatic carbocycles. The fourth-order valence-corrected chi connectivity index (χ4v) is 1.61. The molecule has 1 saturated carbocycles. The van der Waals surface area contributed by atoms with E-state index in [9.17, 15) is 9.50 Å². The molecular weight excluding hydrogens is 145 g/mol. The van der Waals surface area contributed by atoms with Crippen LogP contribution in [0.25, 0.3) is 0 Å². The maximum absolute atomic E-state index is 12.9. The molecule has 0 aliphatic heterocycles. The number of aliphatic hydroxyl groups is 1. The molecule has 3 atom stereocenters. The Hall–Kier alpha value is -0.150. The molecule has 0 amide bonds. The van der Waals surface area contributed by atoms with Crippen LogP contribution in [-0.4, -0.2) is 30.0 Å². The molecule has 2 N–H and O–H groups in total. The monoisotopic (exact) mass is 161 g/mol. The van der Waals surface area contributed by atoms with Gasteiger partial charge < -0.3 is 10.4 Å². The Balaban J connectivity index is 2.38. The molecule has 66 valence electrons. The van der Waals surface area contributed by atoms with E-state index in [0.29, 0.717) is 6.42 Å². The van der Waals surface area contributed by atoms with Gasteiger partial charge in [-0.3, -0.25) is 0 Å². The first-order valence-corrected chi connectivity index (χ1v) is 4.31. The summed E-state index contributed by atoms with van der Waals surface area (Å²) in [5.41, 5.74) is 0. The van der Waals surface area contributed by atoms with E-state index in [-0.39, 0.29) is 6.04 Å². The van der Waals surface area contributed by atoms with Gasteiger partial charge in [0, 0.05) is 6.04 Å². The highest BCUT2D eigenvalue weighted by atomic mass is 19.1. The SMILES string of the molecule is CCN[C@H]1CCC[C@@H](F)[C@H]1O. The van der Waals surface area contributed by atoms with Gasteiger partial charge in [-0.15, -0.1) is 0 Å². The molecule has 0 bridgehead atoms. The molecule has 0 aromatic heterocycles. The van der Waals surface area contributed by atoms with Crippen molar-refractivity contribution in [3.63, 3.8) is 0 Å². The molecule has 0 heterocycles. The van der Waals surface area contributed by atoms with Crippen molar-refractivity contribution in [3.8, 4) is 0 Å². The van der Waals surface area contributed by atoms with Crippen LogP contribution in [0.15, 0.2) is 0 Å². The lowest BCUT2D eigenvalue weighted by molar-refractivity contribution is 0.0172. The number of hydrogen-bond acceptors (Lipinski definition) is 2. The van der Waals surface area contributed by atoms with Crippen molar-refractivity contribution < 1.29 is 9.50 Å². The van der Waals surface area contributed by atoms with Crippen molar-refractivity contribution in [2.45, 2.75) is 44.5 Å². The van der Waals surface area contributed by atoms with Crippen LogP contribution >= 0.6 is 0 Å². The van der Waals surface area contributed by atoms with E-state index in [1.807, 2.05) is 6.92 Å². The lowest BCUT2D eigenvalue weighted by Crippen LogP contribution is -2.47. The van der Waals surface area contributed by atoms with Crippen LogP contribution in [0, 0.1) is 0 Å². The molecule has 0 aromatic rings. The third-order valence-corrected chi connectivity index (χ3v) is 2.24.